The molecule has 3 rings (SSSR count). The Labute approximate surface area is 225 Å². The Kier molecular flexibility index (Phi) is 10.6. The number of hydrogen-bond acceptors (Lipinski definition) is 6. The molecule has 0 saturated heterocycles. The predicted octanol–water partition coefficient (Wildman–Crippen LogP) is 6.76. The number of esters is 2. The maximum Gasteiger partial charge on any atom is 0.316 e. The molecule has 0 N–H and O–H groups in total. The van der Waals surface area contributed by atoms with Gasteiger partial charge in [-0.3, -0.25) is 9.59 Å². The molecule has 202 valence electrons. The highest BCUT2D eigenvalue weighted by Gasteiger charge is 2.30. The van der Waals surface area contributed by atoms with Gasteiger partial charge in [-0.15, -0.1) is 0 Å². The van der Waals surface area contributed by atoms with Gasteiger partial charge in [0, 0.05) is 13.2 Å². The molecule has 0 bridgehead atoms. The van der Waals surface area contributed by atoms with Gasteiger partial charge in [0.15, 0.2) is 0 Å². The third-order valence-electron chi connectivity index (χ3n) is 6.32. The second-order valence-electron chi connectivity index (χ2n) is 10.6. The molecule has 0 saturated carbocycles. The Hall–Kier alpha value is -3.48. The first-order chi connectivity index (χ1) is 18.2. The summed E-state index contributed by atoms with van der Waals surface area (Å²) < 4.78 is 22.6. The zero-order chi connectivity index (χ0) is 27.4. The van der Waals surface area contributed by atoms with E-state index in [-0.39, 0.29) is 11.9 Å². The van der Waals surface area contributed by atoms with E-state index in [1.165, 1.54) is 0 Å². The van der Waals surface area contributed by atoms with Crippen LogP contribution in [-0.2, 0) is 32.3 Å². The van der Waals surface area contributed by atoms with Crippen molar-refractivity contribution in [1.82, 2.24) is 0 Å². The van der Waals surface area contributed by atoms with Gasteiger partial charge < -0.3 is 18.9 Å². The molecule has 6 heteroatoms. The van der Waals surface area contributed by atoms with Gasteiger partial charge in [0.2, 0.25) is 0 Å². The molecule has 0 aliphatic carbocycles. The molecule has 3 aromatic carbocycles. The minimum Gasteiger partial charge on any atom is -0.426 e. The number of rotatable bonds is 14. The quantitative estimate of drug-likeness (QED) is 0.133. The van der Waals surface area contributed by atoms with Crippen LogP contribution in [0.3, 0.4) is 0 Å². The number of carbonyl (C=O) groups is 2. The fourth-order valence-corrected chi connectivity index (χ4v) is 3.44. The smallest absolute Gasteiger partial charge is 0.316 e. The summed E-state index contributed by atoms with van der Waals surface area (Å²) in [5.74, 6) is 0.552. The van der Waals surface area contributed by atoms with Gasteiger partial charge in [0.25, 0.3) is 0 Å². The van der Waals surface area contributed by atoms with Crippen LogP contribution in [0.25, 0.3) is 0 Å². The number of ether oxygens (including phenoxy) is 4. The normalized spacial score (nSPS) is 11.7. The van der Waals surface area contributed by atoms with E-state index in [9.17, 15) is 9.59 Å². The van der Waals surface area contributed by atoms with Gasteiger partial charge >= 0.3 is 11.9 Å². The average molecular weight is 519 g/mol. The SMILES string of the molecule is CC(C)(CCOCc1ccc(COCCC(C)(C)C(=O)Oc2ccccc2)cc1)C(=O)Oc1ccccc1. The van der Waals surface area contributed by atoms with Crippen LogP contribution < -0.4 is 9.47 Å². The van der Waals surface area contributed by atoms with Crippen LogP contribution >= 0.6 is 0 Å². The Morgan fingerprint density at radius 1 is 0.553 bits per heavy atom. The first-order valence-corrected chi connectivity index (χ1v) is 12.9. The standard InChI is InChI=1S/C32H38O6/c1-31(2,29(33)37-27-11-7-5-8-12-27)19-21-35-23-25-15-17-26(18-16-25)24-36-22-20-32(3,4)30(34)38-28-13-9-6-10-14-28/h5-18H,19-24H2,1-4H3. The maximum atomic E-state index is 12.5. The largest absolute Gasteiger partial charge is 0.426 e. The fraction of sp³-hybridized carbons (Fsp3) is 0.375. The molecule has 0 radical (unpaired) electrons. The van der Waals surface area contributed by atoms with Crippen LogP contribution in [0.5, 0.6) is 11.5 Å². The Bertz CT molecular complexity index is 1050. The van der Waals surface area contributed by atoms with Crippen LogP contribution in [0.4, 0.5) is 0 Å². The van der Waals surface area contributed by atoms with Gasteiger partial charge in [-0.2, -0.15) is 0 Å². The van der Waals surface area contributed by atoms with Crippen molar-refractivity contribution in [3.05, 3.63) is 96.1 Å². The van der Waals surface area contributed by atoms with E-state index >= 15 is 0 Å². The molecule has 0 amide bonds. The van der Waals surface area contributed by atoms with Crippen molar-refractivity contribution in [2.45, 2.75) is 53.8 Å². The van der Waals surface area contributed by atoms with Crippen LogP contribution in [0.1, 0.15) is 51.7 Å². The van der Waals surface area contributed by atoms with E-state index < -0.39 is 10.8 Å². The molecule has 0 spiro atoms. The molecule has 0 aromatic heterocycles. The Morgan fingerprint density at radius 3 is 1.24 bits per heavy atom. The number of carbonyl (C=O) groups excluding carboxylic acids is 2. The first kappa shape index (κ1) is 29.1. The fourth-order valence-electron chi connectivity index (χ4n) is 3.44. The van der Waals surface area contributed by atoms with Crippen LogP contribution in [0.15, 0.2) is 84.9 Å². The summed E-state index contributed by atoms with van der Waals surface area (Å²) in [6.07, 6.45) is 1.11. The second-order valence-corrected chi connectivity index (χ2v) is 10.6. The van der Waals surface area contributed by atoms with E-state index in [4.69, 9.17) is 18.9 Å². The van der Waals surface area contributed by atoms with E-state index in [0.717, 1.165) is 11.1 Å². The lowest BCUT2D eigenvalue weighted by molar-refractivity contribution is -0.145. The van der Waals surface area contributed by atoms with Crippen molar-refractivity contribution in [3.63, 3.8) is 0 Å². The molecule has 3 aromatic rings. The van der Waals surface area contributed by atoms with Gasteiger partial charge in [0.05, 0.1) is 24.0 Å². The molecule has 0 unspecified atom stereocenters. The van der Waals surface area contributed by atoms with E-state index in [2.05, 4.69) is 0 Å². The highest BCUT2D eigenvalue weighted by atomic mass is 16.5. The highest BCUT2D eigenvalue weighted by Crippen LogP contribution is 2.25. The second kappa shape index (κ2) is 13.9. The van der Waals surface area contributed by atoms with Gasteiger partial charge in [0.1, 0.15) is 11.5 Å². The van der Waals surface area contributed by atoms with E-state index in [1.807, 2.05) is 88.4 Å². The zero-order valence-corrected chi connectivity index (χ0v) is 22.8. The van der Waals surface area contributed by atoms with Crippen molar-refractivity contribution in [2.24, 2.45) is 10.8 Å². The summed E-state index contributed by atoms with van der Waals surface area (Å²) >= 11 is 0. The Morgan fingerprint density at radius 2 is 0.895 bits per heavy atom. The summed E-state index contributed by atoms with van der Waals surface area (Å²) in [7, 11) is 0. The summed E-state index contributed by atoms with van der Waals surface area (Å²) in [6, 6.07) is 26.2. The lowest BCUT2D eigenvalue weighted by Gasteiger charge is -2.22. The number of hydrogen-bond donors (Lipinski definition) is 0. The minimum atomic E-state index is -0.649. The molecule has 0 atom stereocenters. The van der Waals surface area contributed by atoms with Crippen molar-refractivity contribution >= 4 is 11.9 Å². The summed E-state index contributed by atoms with van der Waals surface area (Å²) in [5, 5.41) is 0. The molecular formula is C32H38O6. The van der Waals surface area contributed by atoms with Gasteiger partial charge in [-0.1, -0.05) is 60.7 Å². The third kappa shape index (κ3) is 9.43. The lowest BCUT2D eigenvalue weighted by Crippen LogP contribution is -2.30. The van der Waals surface area contributed by atoms with E-state index in [1.54, 1.807) is 24.3 Å². The zero-order valence-electron chi connectivity index (χ0n) is 22.8. The first-order valence-electron chi connectivity index (χ1n) is 12.9. The van der Waals surface area contributed by atoms with Crippen molar-refractivity contribution in [2.75, 3.05) is 13.2 Å². The van der Waals surface area contributed by atoms with Gasteiger partial charge in [-0.05, 0) is 75.9 Å². The summed E-state index contributed by atoms with van der Waals surface area (Å²) in [6.45, 7) is 9.28. The van der Waals surface area contributed by atoms with Crippen LogP contribution in [0, 0.1) is 10.8 Å². The Balaban J connectivity index is 1.33. The molecule has 0 aliphatic heterocycles. The maximum absolute atomic E-state index is 12.5. The topological polar surface area (TPSA) is 71.1 Å². The highest BCUT2D eigenvalue weighted by molar-refractivity contribution is 5.78. The molecule has 38 heavy (non-hydrogen) atoms. The number of benzene rings is 3. The molecule has 0 heterocycles. The van der Waals surface area contributed by atoms with Gasteiger partial charge in [-0.25, -0.2) is 0 Å². The number of para-hydroxylation sites is 2. The van der Waals surface area contributed by atoms with E-state index in [0.29, 0.717) is 50.8 Å². The third-order valence-corrected chi connectivity index (χ3v) is 6.32. The molecule has 6 nitrogen and oxygen atoms in total. The van der Waals surface area contributed by atoms with Crippen molar-refractivity contribution in [1.29, 1.82) is 0 Å². The van der Waals surface area contributed by atoms with Crippen LogP contribution in [0.2, 0.25) is 0 Å². The molecule has 0 aliphatic rings. The average Bonchev–Trinajstić information content (AvgIpc) is 2.91. The van der Waals surface area contributed by atoms with Crippen molar-refractivity contribution < 1.29 is 28.5 Å². The molecule has 0 fully saturated rings. The lowest BCUT2D eigenvalue weighted by atomic mass is 9.90. The predicted molar refractivity (Wildman–Crippen MR) is 147 cm³/mol. The van der Waals surface area contributed by atoms with Crippen LogP contribution in [-0.4, -0.2) is 25.2 Å². The molecular weight excluding hydrogens is 480 g/mol. The monoisotopic (exact) mass is 518 g/mol. The minimum absolute atomic E-state index is 0.270. The van der Waals surface area contributed by atoms with Crippen molar-refractivity contribution in [3.8, 4) is 11.5 Å². The summed E-state index contributed by atoms with van der Waals surface area (Å²) in [4.78, 5) is 25.0. The summed E-state index contributed by atoms with van der Waals surface area (Å²) in [5.41, 5.74) is 0.791.